The van der Waals surface area contributed by atoms with Crippen LogP contribution in [0.15, 0.2) is 60.7 Å². The minimum atomic E-state index is 0.309. The van der Waals surface area contributed by atoms with E-state index in [-0.39, 0.29) is 0 Å². The molecule has 0 heterocycles. The second-order valence-corrected chi connectivity index (χ2v) is 18.5. The van der Waals surface area contributed by atoms with Gasteiger partial charge >= 0.3 is 0 Å². The van der Waals surface area contributed by atoms with Crippen LogP contribution in [-0.2, 0) is 0 Å². The van der Waals surface area contributed by atoms with Crippen molar-refractivity contribution in [2.45, 2.75) is 166 Å². The van der Waals surface area contributed by atoms with E-state index in [9.17, 15) is 0 Å². The normalized spacial score (nSPS) is 28.5. The minimum absolute atomic E-state index is 0.309. The van der Waals surface area contributed by atoms with Gasteiger partial charge < -0.3 is 0 Å². The van der Waals surface area contributed by atoms with E-state index in [1.165, 1.54) is 154 Å². The summed E-state index contributed by atoms with van der Waals surface area (Å²) in [5.41, 5.74) is 10.7. The highest BCUT2D eigenvalue weighted by molar-refractivity contribution is 5.80. The highest BCUT2D eigenvalue weighted by atomic mass is 14.6. The molecule has 0 heteroatoms. The first-order valence-corrected chi connectivity index (χ1v) is 21.9. The Labute approximate surface area is 300 Å². The third-order valence-corrected chi connectivity index (χ3v) is 16.0. The summed E-state index contributed by atoms with van der Waals surface area (Å²) in [4.78, 5) is 0. The van der Waals surface area contributed by atoms with Crippen molar-refractivity contribution in [3.63, 3.8) is 0 Å². The maximum Gasteiger partial charge on any atom is 0.00954 e. The summed E-state index contributed by atoms with van der Waals surface area (Å²) in [6.07, 6.45) is 41.0. The molecule has 2 aromatic carbocycles. The van der Waals surface area contributed by atoms with Crippen LogP contribution >= 0.6 is 0 Å². The molecular formula is C49H66. The SMILES string of the molecule is C1=C(C(C2CCCCC2)C2CCCCC2)c2ccccc2C1C1(C2C=C(C(C3CCCCC3)C3CCCCC3)c3ccccc32)CCCC1. The molecule has 0 amide bonds. The van der Waals surface area contributed by atoms with Crippen LogP contribution in [0.1, 0.15) is 188 Å². The Hall–Kier alpha value is -2.08. The van der Waals surface area contributed by atoms with E-state index in [1.54, 1.807) is 22.3 Å². The van der Waals surface area contributed by atoms with E-state index in [4.69, 9.17) is 0 Å². The van der Waals surface area contributed by atoms with E-state index in [1.807, 2.05) is 11.1 Å². The smallest absolute Gasteiger partial charge is 0.00954 e. The molecule has 0 radical (unpaired) electrons. The van der Waals surface area contributed by atoms with Crippen molar-refractivity contribution in [2.75, 3.05) is 0 Å². The molecule has 2 unspecified atom stereocenters. The summed E-state index contributed by atoms with van der Waals surface area (Å²) in [6, 6.07) is 19.9. The van der Waals surface area contributed by atoms with Crippen LogP contribution in [0.2, 0.25) is 0 Å². The van der Waals surface area contributed by atoms with Crippen molar-refractivity contribution in [1.29, 1.82) is 0 Å². The molecular weight excluding hydrogens is 589 g/mol. The van der Waals surface area contributed by atoms with Gasteiger partial charge in [0.15, 0.2) is 0 Å². The molecule has 0 bridgehead atoms. The lowest BCUT2D eigenvalue weighted by Crippen LogP contribution is -2.30. The Morgan fingerprint density at radius 3 is 1.06 bits per heavy atom. The third-order valence-electron chi connectivity index (χ3n) is 16.0. The molecule has 0 aromatic heterocycles. The summed E-state index contributed by atoms with van der Waals surface area (Å²) in [5, 5.41) is 0. The predicted molar refractivity (Wildman–Crippen MR) is 209 cm³/mol. The fourth-order valence-electron chi connectivity index (χ4n) is 13.9. The van der Waals surface area contributed by atoms with Gasteiger partial charge in [0, 0.05) is 11.8 Å². The number of hydrogen-bond acceptors (Lipinski definition) is 0. The van der Waals surface area contributed by atoms with Gasteiger partial charge in [-0.1, -0.05) is 151 Å². The molecule has 5 saturated carbocycles. The summed E-state index contributed by atoms with van der Waals surface area (Å²) >= 11 is 0. The Bertz CT molecular complexity index is 1330. The zero-order valence-corrected chi connectivity index (χ0v) is 30.9. The van der Waals surface area contributed by atoms with Crippen LogP contribution in [0, 0.1) is 40.9 Å². The van der Waals surface area contributed by atoms with Crippen LogP contribution in [0.3, 0.4) is 0 Å². The molecule has 0 saturated heterocycles. The average Bonchev–Trinajstić information content (AvgIpc) is 3.91. The van der Waals surface area contributed by atoms with Gasteiger partial charge in [0.05, 0.1) is 0 Å². The van der Waals surface area contributed by atoms with Crippen LogP contribution in [0.25, 0.3) is 11.1 Å². The van der Waals surface area contributed by atoms with Gasteiger partial charge in [0.2, 0.25) is 0 Å². The van der Waals surface area contributed by atoms with E-state index < -0.39 is 0 Å². The lowest BCUT2D eigenvalue weighted by atomic mass is 9.62. The lowest BCUT2D eigenvalue weighted by molar-refractivity contribution is 0.188. The van der Waals surface area contributed by atoms with Crippen LogP contribution in [0.4, 0.5) is 0 Å². The summed E-state index contributed by atoms with van der Waals surface area (Å²) in [6.45, 7) is 0. The average molecular weight is 655 g/mol. The van der Waals surface area contributed by atoms with Gasteiger partial charge in [-0.2, -0.15) is 0 Å². The first-order valence-electron chi connectivity index (χ1n) is 21.9. The van der Waals surface area contributed by atoms with Crippen molar-refractivity contribution >= 4 is 11.1 Å². The molecule has 9 rings (SSSR count). The number of rotatable bonds is 8. The van der Waals surface area contributed by atoms with Gasteiger partial charge in [-0.3, -0.25) is 0 Å². The second-order valence-electron chi connectivity index (χ2n) is 18.5. The molecule has 2 atom stereocenters. The van der Waals surface area contributed by atoms with Gasteiger partial charge in [-0.25, -0.2) is 0 Å². The molecule has 49 heavy (non-hydrogen) atoms. The van der Waals surface area contributed by atoms with Crippen molar-refractivity contribution < 1.29 is 0 Å². The summed E-state index contributed by atoms with van der Waals surface area (Å²) in [5.74, 6) is 6.31. The molecule has 7 aliphatic carbocycles. The summed E-state index contributed by atoms with van der Waals surface area (Å²) in [7, 11) is 0. The van der Waals surface area contributed by atoms with Crippen molar-refractivity contribution in [3.8, 4) is 0 Å². The van der Waals surface area contributed by atoms with E-state index in [2.05, 4.69) is 60.7 Å². The predicted octanol–water partition coefficient (Wildman–Crippen LogP) is 14.5. The van der Waals surface area contributed by atoms with E-state index >= 15 is 0 Å². The lowest BCUT2D eigenvalue weighted by Gasteiger charge is -2.41. The topological polar surface area (TPSA) is 0 Å². The second kappa shape index (κ2) is 14.5. The molecule has 5 fully saturated rings. The molecule has 0 nitrogen and oxygen atoms in total. The standard InChI is InChI=1S/C49H66/c1-5-19-35(20-6-1)47(36-21-7-2-8-22-36)43-33-45(41-29-15-13-27-39(41)43)49(31-17-18-32-49)46-34-44(40-28-14-16-30-42(40)46)48(37-23-9-3-10-24-37)38-25-11-4-12-26-38/h13-16,27-30,33-38,45-48H,1-12,17-26,31-32H2. The van der Waals surface area contributed by atoms with Crippen LogP contribution in [-0.4, -0.2) is 0 Å². The maximum atomic E-state index is 2.98. The molecule has 0 spiro atoms. The fourth-order valence-corrected chi connectivity index (χ4v) is 13.9. The quantitative estimate of drug-likeness (QED) is 0.266. The molecule has 7 aliphatic rings. The zero-order valence-electron chi connectivity index (χ0n) is 30.9. The molecule has 2 aromatic rings. The molecule has 262 valence electrons. The Balaban J connectivity index is 1.15. The third kappa shape index (κ3) is 6.06. The van der Waals surface area contributed by atoms with Crippen molar-refractivity contribution in [2.24, 2.45) is 40.9 Å². The molecule has 0 aliphatic heterocycles. The van der Waals surface area contributed by atoms with Crippen molar-refractivity contribution in [1.82, 2.24) is 0 Å². The zero-order chi connectivity index (χ0) is 32.6. The van der Waals surface area contributed by atoms with Gasteiger partial charge in [-0.05, 0) is 139 Å². The van der Waals surface area contributed by atoms with Crippen LogP contribution in [0.5, 0.6) is 0 Å². The van der Waals surface area contributed by atoms with Gasteiger partial charge in [0.1, 0.15) is 0 Å². The maximum absolute atomic E-state index is 2.98. The number of hydrogen-bond donors (Lipinski definition) is 0. The Kier molecular flexibility index (Phi) is 9.71. The number of allylic oxidation sites excluding steroid dienone is 4. The monoisotopic (exact) mass is 655 g/mol. The fraction of sp³-hybridized carbons (Fsp3) is 0.673. The first kappa shape index (κ1) is 32.8. The van der Waals surface area contributed by atoms with Crippen molar-refractivity contribution in [3.05, 3.63) is 82.9 Å². The number of benzene rings is 2. The minimum Gasteiger partial charge on any atom is -0.0723 e. The van der Waals surface area contributed by atoms with Gasteiger partial charge in [-0.15, -0.1) is 0 Å². The van der Waals surface area contributed by atoms with E-state index in [0.29, 0.717) is 17.3 Å². The largest absolute Gasteiger partial charge is 0.0723 e. The van der Waals surface area contributed by atoms with E-state index in [0.717, 1.165) is 35.5 Å². The highest BCUT2D eigenvalue weighted by Crippen LogP contribution is 2.66. The Morgan fingerprint density at radius 1 is 0.388 bits per heavy atom. The number of fused-ring (bicyclic) bond motifs is 2. The highest BCUT2D eigenvalue weighted by Gasteiger charge is 2.53. The first-order chi connectivity index (χ1) is 24.3. The Morgan fingerprint density at radius 2 is 0.714 bits per heavy atom. The van der Waals surface area contributed by atoms with Gasteiger partial charge in [0.25, 0.3) is 0 Å². The summed E-state index contributed by atoms with van der Waals surface area (Å²) < 4.78 is 0. The van der Waals surface area contributed by atoms with Crippen LogP contribution < -0.4 is 0 Å². The molecule has 0 N–H and O–H groups in total.